The summed E-state index contributed by atoms with van der Waals surface area (Å²) >= 11 is 0. The first-order valence-electron chi connectivity index (χ1n) is 5.79. The van der Waals surface area contributed by atoms with Gasteiger partial charge in [-0.25, -0.2) is 0 Å². The van der Waals surface area contributed by atoms with Gasteiger partial charge in [0.05, 0.1) is 4.92 Å². The molecule has 3 rings (SSSR count). The average molecular weight is 237 g/mol. The minimum absolute atomic E-state index is 0.112. The molecule has 2 aliphatic heterocycles. The van der Waals surface area contributed by atoms with E-state index in [1.165, 1.54) is 10.9 Å². The molecule has 0 spiro atoms. The molecule has 1 N–H and O–H groups in total. The van der Waals surface area contributed by atoms with Gasteiger partial charge in [-0.2, -0.15) is 0 Å². The normalized spacial score (nSPS) is 27.5. The highest BCUT2D eigenvalue weighted by Crippen LogP contribution is 2.34. The van der Waals surface area contributed by atoms with Gasteiger partial charge in [0.25, 0.3) is 0 Å². The Balaban J connectivity index is 1.87. The molecule has 0 aliphatic carbocycles. The van der Waals surface area contributed by atoms with E-state index in [-0.39, 0.29) is 10.6 Å². The molecule has 2 atom stereocenters. The topological polar surface area (TPSA) is 76.2 Å². The molecule has 1 aromatic heterocycles. The fraction of sp³-hybridized carbons (Fsp3) is 0.700. The Labute approximate surface area is 98.5 Å². The zero-order valence-electron chi connectivity index (χ0n) is 9.67. The molecule has 2 fully saturated rings. The number of rotatable bonds is 2. The molecule has 0 unspecified atom stereocenters. The first-order valence-corrected chi connectivity index (χ1v) is 5.79. The molecular weight excluding hydrogens is 222 g/mol. The van der Waals surface area contributed by atoms with Gasteiger partial charge < -0.3 is 10.2 Å². The number of nitrogens with one attached hydrogen (secondary N) is 1. The zero-order chi connectivity index (χ0) is 12.0. The summed E-state index contributed by atoms with van der Waals surface area (Å²) < 4.78 is 1.51. The Morgan fingerprint density at radius 3 is 2.71 bits per heavy atom. The van der Waals surface area contributed by atoms with E-state index in [1.54, 1.807) is 7.05 Å². The van der Waals surface area contributed by atoms with Crippen LogP contribution < -0.4 is 10.2 Å². The number of hydrogen-bond donors (Lipinski definition) is 1. The van der Waals surface area contributed by atoms with Gasteiger partial charge in [-0.05, 0) is 11.8 Å². The SMILES string of the molecule is Cn1cc([N+](=O)[O-])c(N2C[C@H]3CNC[C@H]3C2)n1. The first-order chi connectivity index (χ1) is 8.15. The van der Waals surface area contributed by atoms with E-state index in [4.69, 9.17) is 0 Å². The number of fused-ring (bicyclic) bond motifs is 1. The lowest BCUT2D eigenvalue weighted by Crippen LogP contribution is -2.26. The van der Waals surface area contributed by atoms with E-state index in [0.29, 0.717) is 17.7 Å². The molecular formula is C10H15N5O2. The van der Waals surface area contributed by atoms with Crippen molar-refractivity contribution in [2.75, 3.05) is 31.1 Å². The lowest BCUT2D eigenvalue weighted by Gasteiger charge is -2.15. The summed E-state index contributed by atoms with van der Waals surface area (Å²) in [5.41, 5.74) is 0.112. The predicted octanol–water partition coefficient (Wildman–Crippen LogP) is -0.0161. The Bertz CT molecular complexity index is 446. The van der Waals surface area contributed by atoms with Crippen molar-refractivity contribution >= 4 is 11.5 Å². The van der Waals surface area contributed by atoms with Crippen LogP contribution in [-0.4, -0.2) is 40.9 Å². The number of aryl methyl sites for hydroxylation is 1. The Morgan fingerprint density at radius 1 is 1.47 bits per heavy atom. The molecule has 0 radical (unpaired) electrons. The molecule has 0 bridgehead atoms. The molecule has 7 nitrogen and oxygen atoms in total. The van der Waals surface area contributed by atoms with E-state index in [2.05, 4.69) is 10.4 Å². The second kappa shape index (κ2) is 3.69. The van der Waals surface area contributed by atoms with E-state index >= 15 is 0 Å². The molecule has 2 saturated heterocycles. The molecule has 3 heterocycles. The van der Waals surface area contributed by atoms with Crippen LogP contribution in [0.15, 0.2) is 6.20 Å². The highest BCUT2D eigenvalue weighted by Gasteiger charge is 2.39. The highest BCUT2D eigenvalue weighted by molar-refractivity contribution is 5.57. The number of nitro groups is 1. The Kier molecular flexibility index (Phi) is 2.29. The van der Waals surface area contributed by atoms with Crippen molar-refractivity contribution < 1.29 is 4.92 Å². The van der Waals surface area contributed by atoms with E-state index < -0.39 is 0 Å². The molecule has 0 amide bonds. The molecule has 92 valence electrons. The summed E-state index contributed by atoms with van der Waals surface area (Å²) in [7, 11) is 1.72. The van der Waals surface area contributed by atoms with Crippen molar-refractivity contribution in [2.45, 2.75) is 0 Å². The van der Waals surface area contributed by atoms with Gasteiger partial charge in [0, 0.05) is 33.2 Å². The monoisotopic (exact) mass is 237 g/mol. The first kappa shape index (κ1) is 10.5. The lowest BCUT2D eigenvalue weighted by molar-refractivity contribution is -0.384. The fourth-order valence-electron chi connectivity index (χ4n) is 2.85. The molecule has 17 heavy (non-hydrogen) atoms. The van der Waals surface area contributed by atoms with Crippen LogP contribution in [-0.2, 0) is 7.05 Å². The third-order valence-electron chi connectivity index (χ3n) is 3.68. The largest absolute Gasteiger partial charge is 0.349 e. The maximum Gasteiger partial charge on any atom is 0.330 e. The van der Waals surface area contributed by atoms with Crippen molar-refractivity contribution in [2.24, 2.45) is 18.9 Å². The van der Waals surface area contributed by atoms with Crippen LogP contribution in [0.25, 0.3) is 0 Å². The maximum atomic E-state index is 11.0. The summed E-state index contributed by atoms with van der Waals surface area (Å²) in [5.74, 6) is 1.74. The quantitative estimate of drug-likeness (QED) is 0.578. The molecule has 0 aromatic carbocycles. The second-order valence-corrected chi connectivity index (χ2v) is 4.85. The lowest BCUT2D eigenvalue weighted by atomic mass is 10.0. The second-order valence-electron chi connectivity index (χ2n) is 4.85. The van der Waals surface area contributed by atoms with E-state index in [9.17, 15) is 10.1 Å². The van der Waals surface area contributed by atoms with Crippen LogP contribution in [0.5, 0.6) is 0 Å². The van der Waals surface area contributed by atoms with Gasteiger partial charge in [-0.3, -0.25) is 14.8 Å². The minimum atomic E-state index is -0.352. The smallest absolute Gasteiger partial charge is 0.330 e. The summed E-state index contributed by atoms with van der Waals surface area (Å²) in [4.78, 5) is 12.6. The van der Waals surface area contributed by atoms with Crippen LogP contribution in [0.4, 0.5) is 11.5 Å². The van der Waals surface area contributed by atoms with Crippen LogP contribution in [0.1, 0.15) is 0 Å². The number of hydrogen-bond acceptors (Lipinski definition) is 5. The number of anilines is 1. The van der Waals surface area contributed by atoms with Crippen molar-refractivity contribution in [1.82, 2.24) is 15.1 Å². The van der Waals surface area contributed by atoms with Crippen molar-refractivity contribution in [1.29, 1.82) is 0 Å². The Hall–Kier alpha value is -1.63. The molecule has 1 aromatic rings. The predicted molar refractivity (Wildman–Crippen MR) is 61.9 cm³/mol. The standard InChI is InChI=1S/C10H15N5O2/c1-13-6-9(15(16)17)10(12-13)14-4-7-2-11-3-8(7)5-14/h6-8,11H,2-5H2,1H3/t7-,8+. The zero-order valence-corrected chi connectivity index (χ0v) is 9.67. The van der Waals surface area contributed by atoms with Crippen LogP contribution in [0.3, 0.4) is 0 Å². The summed E-state index contributed by atoms with van der Waals surface area (Å²) in [6, 6.07) is 0. The minimum Gasteiger partial charge on any atom is -0.349 e. The van der Waals surface area contributed by atoms with E-state index in [0.717, 1.165) is 26.2 Å². The van der Waals surface area contributed by atoms with Crippen LogP contribution >= 0.6 is 0 Å². The van der Waals surface area contributed by atoms with Crippen LogP contribution in [0.2, 0.25) is 0 Å². The van der Waals surface area contributed by atoms with Gasteiger partial charge in [-0.1, -0.05) is 0 Å². The van der Waals surface area contributed by atoms with Crippen molar-refractivity contribution in [3.8, 4) is 0 Å². The highest BCUT2D eigenvalue weighted by atomic mass is 16.6. The van der Waals surface area contributed by atoms with Gasteiger partial charge in [-0.15, -0.1) is 5.10 Å². The van der Waals surface area contributed by atoms with Crippen molar-refractivity contribution in [3.05, 3.63) is 16.3 Å². The van der Waals surface area contributed by atoms with Gasteiger partial charge in [0.2, 0.25) is 5.82 Å². The van der Waals surface area contributed by atoms with Gasteiger partial charge in [0.1, 0.15) is 6.20 Å². The van der Waals surface area contributed by atoms with Crippen molar-refractivity contribution in [3.63, 3.8) is 0 Å². The van der Waals surface area contributed by atoms with Gasteiger partial charge >= 0.3 is 5.69 Å². The van der Waals surface area contributed by atoms with E-state index in [1.807, 2.05) is 4.90 Å². The molecule has 0 saturated carbocycles. The Morgan fingerprint density at radius 2 is 2.12 bits per heavy atom. The fourth-order valence-corrected chi connectivity index (χ4v) is 2.85. The third kappa shape index (κ3) is 1.66. The third-order valence-corrected chi connectivity index (χ3v) is 3.68. The summed E-state index contributed by atoms with van der Waals surface area (Å²) in [6.45, 7) is 3.77. The maximum absolute atomic E-state index is 11.0. The molecule has 2 aliphatic rings. The molecule has 7 heteroatoms. The number of nitrogens with zero attached hydrogens (tertiary/aromatic N) is 4. The van der Waals surface area contributed by atoms with Crippen LogP contribution in [0, 0.1) is 22.0 Å². The summed E-state index contributed by atoms with van der Waals surface area (Å²) in [6.07, 6.45) is 1.47. The van der Waals surface area contributed by atoms with Gasteiger partial charge in [0.15, 0.2) is 0 Å². The number of aromatic nitrogens is 2. The summed E-state index contributed by atoms with van der Waals surface area (Å²) in [5, 5.41) is 18.5. The average Bonchev–Trinajstić information content (AvgIpc) is 2.87.